The monoisotopic (exact) mass is 508 g/mol. The van der Waals surface area contributed by atoms with Crippen molar-refractivity contribution in [3.05, 3.63) is 89.5 Å². The number of likely N-dealkylation sites (tertiary alicyclic amines) is 1. The van der Waals surface area contributed by atoms with Crippen LogP contribution in [0.4, 0.5) is 17.5 Å². The van der Waals surface area contributed by atoms with Crippen LogP contribution in [0, 0.1) is 12.8 Å². The van der Waals surface area contributed by atoms with Gasteiger partial charge < -0.3 is 15.5 Å². The van der Waals surface area contributed by atoms with Crippen molar-refractivity contribution >= 4 is 34.3 Å². The number of aromatic nitrogens is 2. The van der Waals surface area contributed by atoms with Crippen LogP contribution in [0.5, 0.6) is 0 Å². The molecule has 2 heterocycles. The number of anilines is 3. The van der Waals surface area contributed by atoms with E-state index in [4.69, 9.17) is 4.98 Å². The molecule has 1 amide bonds. The number of piperidine rings is 1. The Hall–Kier alpha value is -3.97. The molecule has 3 aromatic carbocycles. The van der Waals surface area contributed by atoms with Crippen LogP contribution < -0.4 is 15.5 Å². The van der Waals surface area contributed by atoms with Crippen LogP contribution >= 0.6 is 0 Å². The summed E-state index contributed by atoms with van der Waals surface area (Å²) in [6.07, 6.45) is 1.78. The summed E-state index contributed by atoms with van der Waals surface area (Å²) in [7, 11) is 3.89. The van der Waals surface area contributed by atoms with Gasteiger partial charge in [0.25, 0.3) is 0 Å². The lowest BCUT2D eigenvalue weighted by molar-refractivity contribution is -0.121. The van der Waals surface area contributed by atoms with Gasteiger partial charge in [0.2, 0.25) is 11.9 Å². The highest BCUT2D eigenvalue weighted by atomic mass is 16.1. The van der Waals surface area contributed by atoms with Gasteiger partial charge in [0.15, 0.2) is 0 Å². The SMILES string of the molecule is Cc1ccc2nc(N(C)C)nc(NCc3ccc(NC(=O)C4CCN(Cc5ccccc5)CC4)cc3)c2c1. The number of amides is 1. The van der Waals surface area contributed by atoms with Gasteiger partial charge in [-0.1, -0.05) is 54.1 Å². The Morgan fingerprint density at radius 3 is 2.39 bits per heavy atom. The molecule has 38 heavy (non-hydrogen) atoms. The van der Waals surface area contributed by atoms with Crippen LogP contribution in [0.2, 0.25) is 0 Å². The number of aryl methyl sites for hydroxylation is 1. The van der Waals surface area contributed by atoms with Gasteiger partial charge in [-0.3, -0.25) is 9.69 Å². The van der Waals surface area contributed by atoms with E-state index < -0.39 is 0 Å². The van der Waals surface area contributed by atoms with Crippen molar-refractivity contribution in [3.63, 3.8) is 0 Å². The largest absolute Gasteiger partial charge is 0.365 e. The summed E-state index contributed by atoms with van der Waals surface area (Å²) < 4.78 is 0. The van der Waals surface area contributed by atoms with Gasteiger partial charge in [-0.2, -0.15) is 4.98 Å². The normalized spacial score (nSPS) is 14.4. The standard InChI is InChI=1S/C31H36N6O/c1-22-9-14-28-27(19-22)29(35-31(34-28)36(2)3)32-20-23-10-12-26(13-11-23)33-30(38)25-15-17-37(18-16-25)21-24-7-5-4-6-8-24/h4-14,19,25H,15-18,20-21H2,1-3H3,(H,33,38)(H,32,34,35). The highest BCUT2D eigenvalue weighted by Crippen LogP contribution is 2.25. The predicted molar refractivity (Wildman–Crippen MR) is 155 cm³/mol. The maximum atomic E-state index is 12.9. The first-order chi connectivity index (χ1) is 18.4. The van der Waals surface area contributed by atoms with Gasteiger partial charge in [0.05, 0.1) is 5.52 Å². The molecule has 0 radical (unpaired) electrons. The van der Waals surface area contributed by atoms with Crippen LogP contribution in [0.15, 0.2) is 72.8 Å². The number of nitrogens with zero attached hydrogens (tertiary/aromatic N) is 4. The minimum atomic E-state index is 0.0590. The maximum absolute atomic E-state index is 12.9. The average molecular weight is 509 g/mol. The van der Waals surface area contributed by atoms with E-state index in [1.165, 1.54) is 11.1 Å². The molecule has 0 spiro atoms. The van der Waals surface area contributed by atoms with Crippen molar-refractivity contribution in [2.45, 2.75) is 32.9 Å². The lowest BCUT2D eigenvalue weighted by atomic mass is 9.95. The van der Waals surface area contributed by atoms with Crippen molar-refractivity contribution in [2.75, 3.05) is 42.7 Å². The van der Waals surface area contributed by atoms with Crippen LogP contribution in [0.3, 0.4) is 0 Å². The molecular weight excluding hydrogens is 472 g/mol. The predicted octanol–water partition coefficient (Wildman–Crippen LogP) is 5.47. The lowest BCUT2D eigenvalue weighted by Crippen LogP contribution is -2.37. The van der Waals surface area contributed by atoms with E-state index in [9.17, 15) is 4.79 Å². The van der Waals surface area contributed by atoms with Gasteiger partial charge in [-0.05, 0) is 68.2 Å². The molecular formula is C31H36N6O. The Balaban J connectivity index is 1.15. The van der Waals surface area contributed by atoms with Crippen molar-refractivity contribution in [2.24, 2.45) is 5.92 Å². The second-order valence-electron chi connectivity index (χ2n) is 10.4. The fourth-order valence-corrected chi connectivity index (χ4v) is 4.90. The topological polar surface area (TPSA) is 73.4 Å². The fourth-order valence-electron chi connectivity index (χ4n) is 4.90. The maximum Gasteiger partial charge on any atom is 0.227 e. The number of rotatable bonds is 8. The van der Waals surface area contributed by atoms with Gasteiger partial charge >= 0.3 is 0 Å². The summed E-state index contributed by atoms with van der Waals surface area (Å²) in [5, 5.41) is 7.62. The molecule has 0 aliphatic carbocycles. The summed E-state index contributed by atoms with van der Waals surface area (Å²) in [5.41, 5.74) is 5.36. The highest BCUT2D eigenvalue weighted by molar-refractivity contribution is 5.93. The molecule has 0 saturated carbocycles. The van der Waals surface area contributed by atoms with E-state index in [0.29, 0.717) is 12.5 Å². The molecule has 0 atom stereocenters. The van der Waals surface area contributed by atoms with E-state index in [0.717, 1.165) is 60.4 Å². The van der Waals surface area contributed by atoms with Crippen LogP contribution in [-0.2, 0) is 17.9 Å². The molecule has 0 bridgehead atoms. The number of nitrogens with one attached hydrogen (secondary N) is 2. The molecule has 2 N–H and O–H groups in total. The van der Waals surface area contributed by atoms with Crippen molar-refractivity contribution < 1.29 is 4.79 Å². The van der Waals surface area contributed by atoms with Crippen LogP contribution in [-0.4, -0.2) is 48.0 Å². The van der Waals surface area contributed by atoms with Crippen molar-refractivity contribution in [1.29, 1.82) is 0 Å². The van der Waals surface area contributed by atoms with Crippen molar-refractivity contribution in [1.82, 2.24) is 14.9 Å². The summed E-state index contributed by atoms with van der Waals surface area (Å²) in [6.45, 7) is 5.55. The first-order valence-electron chi connectivity index (χ1n) is 13.3. The summed E-state index contributed by atoms with van der Waals surface area (Å²) in [4.78, 5) is 26.7. The molecule has 1 aromatic heterocycles. The average Bonchev–Trinajstić information content (AvgIpc) is 2.93. The van der Waals surface area contributed by atoms with Gasteiger partial charge in [-0.15, -0.1) is 0 Å². The molecule has 1 fully saturated rings. The lowest BCUT2D eigenvalue weighted by Gasteiger charge is -2.31. The molecule has 7 heteroatoms. The third-order valence-electron chi connectivity index (χ3n) is 7.13. The summed E-state index contributed by atoms with van der Waals surface area (Å²) in [6, 6.07) is 24.8. The number of carbonyl (C=O) groups excluding carboxylic acids is 1. The first-order valence-corrected chi connectivity index (χ1v) is 13.3. The van der Waals surface area contributed by atoms with Crippen LogP contribution in [0.1, 0.15) is 29.5 Å². The number of hydrogen-bond donors (Lipinski definition) is 2. The van der Waals surface area contributed by atoms with E-state index >= 15 is 0 Å². The zero-order valence-corrected chi connectivity index (χ0v) is 22.4. The Bertz CT molecular complexity index is 1380. The second kappa shape index (κ2) is 11.6. The Morgan fingerprint density at radius 1 is 0.947 bits per heavy atom. The molecule has 4 aromatic rings. The molecule has 196 valence electrons. The zero-order valence-electron chi connectivity index (χ0n) is 22.4. The third kappa shape index (κ3) is 6.29. The van der Waals surface area contributed by atoms with E-state index in [-0.39, 0.29) is 11.8 Å². The Kier molecular flexibility index (Phi) is 7.84. The summed E-state index contributed by atoms with van der Waals surface area (Å²) in [5.74, 6) is 1.67. The van der Waals surface area contributed by atoms with E-state index in [1.807, 2.05) is 55.4 Å². The van der Waals surface area contributed by atoms with E-state index in [2.05, 4.69) is 63.8 Å². The quantitative estimate of drug-likeness (QED) is 0.329. The molecule has 0 unspecified atom stereocenters. The minimum Gasteiger partial charge on any atom is -0.365 e. The van der Waals surface area contributed by atoms with E-state index in [1.54, 1.807) is 0 Å². The molecule has 5 rings (SSSR count). The first kappa shape index (κ1) is 25.7. The minimum absolute atomic E-state index is 0.0590. The third-order valence-corrected chi connectivity index (χ3v) is 7.13. The molecule has 7 nitrogen and oxygen atoms in total. The van der Waals surface area contributed by atoms with Crippen LogP contribution in [0.25, 0.3) is 10.9 Å². The van der Waals surface area contributed by atoms with Gasteiger partial charge in [-0.25, -0.2) is 4.98 Å². The fraction of sp³-hybridized carbons (Fsp3) is 0.323. The van der Waals surface area contributed by atoms with Gasteiger partial charge in [0, 0.05) is 44.2 Å². The van der Waals surface area contributed by atoms with Gasteiger partial charge in [0.1, 0.15) is 5.82 Å². The number of benzene rings is 3. The number of hydrogen-bond acceptors (Lipinski definition) is 6. The smallest absolute Gasteiger partial charge is 0.227 e. The number of fused-ring (bicyclic) bond motifs is 1. The Labute approximate surface area is 224 Å². The Morgan fingerprint density at radius 2 is 1.68 bits per heavy atom. The zero-order chi connectivity index (χ0) is 26.5. The number of carbonyl (C=O) groups is 1. The van der Waals surface area contributed by atoms with Crippen molar-refractivity contribution in [3.8, 4) is 0 Å². The molecule has 1 aliphatic heterocycles. The molecule has 1 saturated heterocycles. The highest BCUT2D eigenvalue weighted by Gasteiger charge is 2.25. The second-order valence-corrected chi connectivity index (χ2v) is 10.4. The summed E-state index contributed by atoms with van der Waals surface area (Å²) >= 11 is 0. The molecule has 1 aliphatic rings.